The Bertz CT molecular complexity index is 3070. The lowest BCUT2D eigenvalue weighted by Gasteiger charge is -2.33. The highest BCUT2D eigenvalue weighted by Gasteiger charge is 2.53. The molecule has 1 heteroatoms. The van der Waals surface area contributed by atoms with E-state index in [0.29, 0.717) is 0 Å². The van der Waals surface area contributed by atoms with E-state index in [1.54, 1.807) is 0 Å². The number of allylic oxidation sites excluding steroid dienone is 4. The minimum Gasteiger partial charge on any atom is -0.310 e. The summed E-state index contributed by atoms with van der Waals surface area (Å²) < 4.78 is 0. The van der Waals surface area contributed by atoms with E-state index >= 15 is 0 Å². The third-order valence-electron chi connectivity index (χ3n) is 13.8. The first-order valence-corrected chi connectivity index (χ1v) is 21.1. The third kappa shape index (κ3) is 4.73. The minimum atomic E-state index is -0.385. The molecule has 4 aliphatic carbocycles. The van der Waals surface area contributed by atoms with Crippen LogP contribution in [0.4, 0.5) is 17.1 Å². The maximum absolute atomic E-state index is 2.56. The molecule has 0 aliphatic heterocycles. The molecule has 0 saturated carbocycles. The molecule has 280 valence electrons. The van der Waals surface area contributed by atoms with Gasteiger partial charge in [-0.2, -0.15) is 0 Å². The second-order valence-corrected chi connectivity index (χ2v) is 17.1. The molecule has 1 spiro atoms. The van der Waals surface area contributed by atoms with Gasteiger partial charge < -0.3 is 4.90 Å². The van der Waals surface area contributed by atoms with Crippen LogP contribution >= 0.6 is 0 Å². The summed E-state index contributed by atoms with van der Waals surface area (Å²) in [6.07, 6.45) is 6.99. The van der Waals surface area contributed by atoms with Gasteiger partial charge in [-0.05, 0) is 127 Å². The van der Waals surface area contributed by atoms with Gasteiger partial charge in [-0.25, -0.2) is 0 Å². The molecule has 8 aromatic carbocycles. The lowest BCUT2D eigenvalue weighted by atomic mass is 9.69. The van der Waals surface area contributed by atoms with E-state index in [4.69, 9.17) is 0 Å². The fourth-order valence-corrected chi connectivity index (χ4v) is 11.2. The molecule has 0 aromatic heterocycles. The van der Waals surface area contributed by atoms with Gasteiger partial charge in [0.1, 0.15) is 0 Å². The molecule has 59 heavy (non-hydrogen) atoms. The number of nitrogens with zero attached hydrogens (tertiary/aromatic N) is 1. The molecule has 4 aliphatic rings. The number of benzene rings is 8. The smallest absolute Gasteiger partial charge is 0.0722 e. The lowest BCUT2D eigenvalue weighted by molar-refractivity contribution is 0.660. The Morgan fingerprint density at radius 3 is 1.73 bits per heavy atom. The molecule has 0 saturated heterocycles. The van der Waals surface area contributed by atoms with Gasteiger partial charge in [0.2, 0.25) is 0 Å². The van der Waals surface area contributed by atoms with Crippen molar-refractivity contribution in [3.63, 3.8) is 0 Å². The van der Waals surface area contributed by atoms with E-state index in [2.05, 4.69) is 219 Å². The average molecular weight is 754 g/mol. The predicted molar refractivity (Wildman–Crippen MR) is 247 cm³/mol. The summed E-state index contributed by atoms with van der Waals surface area (Å²) in [6.45, 7) is 4.77. The first-order chi connectivity index (χ1) is 29.0. The van der Waals surface area contributed by atoms with Crippen LogP contribution < -0.4 is 4.90 Å². The number of rotatable bonds is 5. The van der Waals surface area contributed by atoms with Crippen LogP contribution in [0.2, 0.25) is 0 Å². The quantitative estimate of drug-likeness (QED) is 0.169. The maximum atomic E-state index is 2.56. The largest absolute Gasteiger partial charge is 0.310 e. The molecule has 1 nitrogen and oxygen atoms in total. The summed E-state index contributed by atoms with van der Waals surface area (Å²) in [5.41, 5.74) is 24.3. The van der Waals surface area contributed by atoms with E-state index in [9.17, 15) is 0 Å². The third-order valence-corrected chi connectivity index (χ3v) is 13.8. The molecule has 8 aromatic rings. The molecule has 1 unspecified atom stereocenters. The SMILES string of the molecule is CC1(C)c2ccccc2-c2ccc(N(c3ccc(-c4ccccc4)c(-c4ccccc4)c3)c3cccc4c3-c3ccccc3C43C4=C(CCC=C4)c4ccccc43)cc21. The summed E-state index contributed by atoms with van der Waals surface area (Å²) in [7, 11) is 0. The van der Waals surface area contributed by atoms with E-state index < -0.39 is 0 Å². The normalized spacial score (nSPS) is 17.3. The van der Waals surface area contributed by atoms with Crippen molar-refractivity contribution < 1.29 is 0 Å². The lowest BCUT2D eigenvalue weighted by Crippen LogP contribution is -2.27. The number of anilines is 3. The number of fused-ring (bicyclic) bond motifs is 12. The highest BCUT2D eigenvalue weighted by molar-refractivity contribution is 6.02. The van der Waals surface area contributed by atoms with Crippen molar-refractivity contribution in [3.8, 4) is 44.5 Å². The van der Waals surface area contributed by atoms with Crippen molar-refractivity contribution in [2.45, 2.75) is 37.5 Å². The summed E-state index contributed by atoms with van der Waals surface area (Å²) in [6, 6.07) is 70.5. The fourth-order valence-electron chi connectivity index (χ4n) is 11.2. The van der Waals surface area contributed by atoms with Gasteiger partial charge in [-0.3, -0.25) is 0 Å². The van der Waals surface area contributed by atoms with Crippen molar-refractivity contribution in [2.24, 2.45) is 0 Å². The van der Waals surface area contributed by atoms with E-state index in [-0.39, 0.29) is 10.8 Å². The van der Waals surface area contributed by atoms with Crippen LogP contribution in [0.15, 0.2) is 206 Å². The van der Waals surface area contributed by atoms with Gasteiger partial charge in [-0.1, -0.05) is 184 Å². The monoisotopic (exact) mass is 753 g/mol. The van der Waals surface area contributed by atoms with Crippen LogP contribution in [-0.4, -0.2) is 0 Å². The van der Waals surface area contributed by atoms with E-state index in [1.807, 2.05) is 0 Å². The van der Waals surface area contributed by atoms with Crippen LogP contribution in [-0.2, 0) is 10.8 Å². The maximum Gasteiger partial charge on any atom is 0.0722 e. The summed E-state index contributed by atoms with van der Waals surface area (Å²) in [5.74, 6) is 0. The molecule has 0 amide bonds. The predicted octanol–water partition coefficient (Wildman–Crippen LogP) is 15.2. The van der Waals surface area contributed by atoms with Crippen LogP contribution in [0.25, 0.3) is 50.1 Å². The van der Waals surface area contributed by atoms with Gasteiger partial charge in [0.25, 0.3) is 0 Å². The first kappa shape index (κ1) is 34.1. The van der Waals surface area contributed by atoms with Crippen molar-refractivity contribution in [3.05, 3.63) is 239 Å². The van der Waals surface area contributed by atoms with Gasteiger partial charge in [0.15, 0.2) is 0 Å². The van der Waals surface area contributed by atoms with Crippen molar-refractivity contribution in [2.75, 3.05) is 4.90 Å². The molecule has 0 heterocycles. The standard InChI is InChI=1S/C58H43N/c1-57(2)49-26-13-9-22-43(49)46-35-33-41(37-54(46)57)59(40-32-34-42(38-18-5-3-6-19-38)48(36-40)39-20-7-4-8-21-39)55-31-17-30-53-56(55)47-25-12-16-29-52(47)58(53)50-27-14-10-23-44(50)45-24-11-15-28-51(45)58/h3-10,12-23,25-37H,11,24H2,1-2H3. The summed E-state index contributed by atoms with van der Waals surface area (Å²) in [4.78, 5) is 2.56. The molecule has 1 atom stereocenters. The zero-order chi connectivity index (χ0) is 39.3. The van der Waals surface area contributed by atoms with Gasteiger partial charge in [0, 0.05) is 22.4 Å². The second kappa shape index (κ2) is 12.8. The van der Waals surface area contributed by atoms with E-state index in [1.165, 1.54) is 94.7 Å². The Balaban J connectivity index is 1.15. The molecular formula is C58H43N. The first-order valence-electron chi connectivity index (χ1n) is 21.1. The van der Waals surface area contributed by atoms with Gasteiger partial charge >= 0.3 is 0 Å². The molecule has 0 fully saturated rings. The fraction of sp³-hybridized carbons (Fsp3) is 0.103. The highest BCUT2D eigenvalue weighted by atomic mass is 15.1. The van der Waals surface area contributed by atoms with Crippen LogP contribution in [0, 0.1) is 0 Å². The molecule has 0 radical (unpaired) electrons. The Hall–Kier alpha value is -6.96. The Morgan fingerprint density at radius 2 is 0.983 bits per heavy atom. The van der Waals surface area contributed by atoms with Crippen LogP contribution in [0.5, 0.6) is 0 Å². The molecular weight excluding hydrogens is 711 g/mol. The number of hydrogen-bond donors (Lipinski definition) is 0. The highest BCUT2D eigenvalue weighted by Crippen LogP contribution is 2.65. The molecule has 0 bridgehead atoms. The zero-order valence-corrected chi connectivity index (χ0v) is 33.4. The Kier molecular flexibility index (Phi) is 7.38. The second-order valence-electron chi connectivity index (χ2n) is 17.1. The zero-order valence-electron chi connectivity index (χ0n) is 33.4. The van der Waals surface area contributed by atoms with Gasteiger partial charge in [-0.15, -0.1) is 0 Å². The molecule has 0 N–H and O–H groups in total. The molecule has 12 rings (SSSR count). The van der Waals surface area contributed by atoms with Crippen molar-refractivity contribution in [1.29, 1.82) is 0 Å². The summed E-state index contributed by atoms with van der Waals surface area (Å²) in [5, 5.41) is 0. The minimum absolute atomic E-state index is 0.140. The number of hydrogen-bond acceptors (Lipinski definition) is 1. The average Bonchev–Trinajstić information content (AvgIpc) is 3.86. The Morgan fingerprint density at radius 1 is 0.424 bits per heavy atom. The Labute approximate surface area is 347 Å². The van der Waals surface area contributed by atoms with Crippen LogP contribution in [0.1, 0.15) is 60.1 Å². The van der Waals surface area contributed by atoms with Crippen molar-refractivity contribution >= 4 is 22.6 Å². The summed E-state index contributed by atoms with van der Waals surface area (Å²) >= 11 is 0. The van der Waals surface area contributed by atoms with E-state index in [0.717, 1.165) is 24.2 Å². The van der Waals surface area contributed by atoms with Crippen LogP contribution in [0.3, 0.4) is 0 Å². The van der Waals surface area contributed by atoms with Crippen molar-refractivity contribution in [1.82, 2.24) is 0 Å². The topological polar surface area (TPSA) is 3.24 Å². The van der Waals surface area contributed by atoms with Gasteiger partial charge in [0.05, 0.1) is 11.1 Å².